The van der Waals surface area contributed by atoms with Gasteiger partial charge in [0.15, 0.2) is 5.65 Å². The zero-order valence-electron chi connectivity index (χ0n) is 11.8. The van der Waals surface area contributed by atoms with Gasteiger partial charge in [-0.1, -0.05) is 30.3 Å². The Kier molecular flexibility index (Phi) is 3.85. The van der Waals surface area contributed by atoms with Gasteiger partial charge in [0, 0.05) is 10.7 Å². The molecule has 2 heterocycles. The van der Waals surface area contributed by atoms with Gasteiger partial charge in [-0.05, 0) is 34.5 Å². The van der Waals surface area contributed by atoms with E-state index < -0.39 is 5.56 Å². The van der Waals surface area contributed by atoms with E-state index in [1.165, 1.54) is 0 Å². The van der Waals surface area contributed by atoms with Crippen LogP contribution in [-0.4, -0.2) is 14.8 Å². The summed E-state index contributed by atoms with van der Waals surface area (Å²) in [5.74, 6) is -0.0756. The predicted octanol–water partition coefficient (Wildman–Crippen LogP) is 2.80. The van der Waals surface area contributed by atoms with Gasteiger partial charge < -0.3 is 9.94 Å². The highest BCUT2D eigenvalue weighted by atomic mass is 79.9. The first-order chi connectivity index (χ1) is 10.6. The van der Waals surface area contributed by atoms with Crippen molar-refractivity contribution in [2.75, 3.05) is 0 Å². The molecule has 2 aromatic heterocycles. The smallest absolute Gasteiger partial charge is 0.291 e. The van der Waals surface area contributed by atoms with Crippen molar-refractivity contribution in [3.63, 3.8) is 0 Å². The van der Waals surface area contributed by atoms with Gasteiger partial charge >= 0.3 is 0 Å². The highest BCUT2D eigenvalue weighted by molar-refractivity contribution is 9.10. The van der Waals surface area contributed by atoms with Crippen LogP contribution in [0.15, 0.2) is 51.9 Å². The van der Waals surface area contributed by atoms with Gasteiger partial charge in [-0.2, -0.15) is 0 Å². The summed E-state index contributed by atoms with van der Waals surface area (Å²) in [5, 5.41) is 10.6. The topological polar surface area (TPSA) is 64.3 Å². The van der Waals surface area contributed by atoms with Gasteiger partial charge in [-0.25, -0.2) is 4.98 Å². The lowest BCUT2D eigenvalue weighted by atomic mass is 10.2. The molecular weight excluding hydrogens is 348 g/mol. The van der Waals surface area contributed by atoms with Crippen LogP contribution in [-0.2, 0) is 6.61 Å². The third-order valence-electron chi connectivity index (χ3n) is 3.34. The molecule has 5 nitrogen and oxygen atoms in total. The van der Waals surface area contributed by atoms with Crippen molar-refractivity contribution in [2.24, 2.45) is 0 Å². The van der Waals surface area contributed by atoms with Crippen LogP contribution in [0.3, 0.4) is 0 Å². The Hall–Kier alpha value is -2.34. The number of hydrogen-bond acceptors (Lipinski definition) is 4. The molecule has 0 amide bonds. The number of nitrogens with zero attached hydrogens (tertiary/aromatic N) is 2. The zero-order valence-corrected chi connectivity index (χ0v) is 13.4. The van der Waals surface area contributed by atoms with Crippen molar-refractivity contribution in [3.8, 4) is 5.75 Å². The maximum atomic E-state index is 12.3. The van der Waals surface area contributed by atoms with Crippen LogP contribution in [0, 0.1) is 6.92 Å². The Morgan fingerprint density at radius 1 is 1.32 bits per heavy atom. The van der Waals surface area contributed by atoms with E-state index in [0.717, 1.165) is 10.3 Å². The van der Waals surface area contributed by atoms with E-state index in [9.17, 15) is 9.90 Å². The molecule has 0 aliphatic heterocycles. The molecule has 0 radical (unpaired) electrons. The number of pyridine rings is 2. The average molecular weight is 361 g/mol. The molecule has 6 heteroatoms. The van der Waals surface area contributed by atoms with Crippen LogP contribution in [0.1, 0.15) is 11.1 Å². The molecule has 0 atom stereocenters. The highest BCUT2D eigenvalue weighted by Gasteiger charge is 2.15. The molecule has 0 aliphatic rings. The number of fused-ring (bicyclic) bond motifs is 1. The molecule has 0 aliphatic carbocycles. The normalized spacial score (nSPS) is 10.8. The molecule has 1 N–H and O–H groups in total. The highest BCUT2D eigenvalue weighted by Crippen LogP contribution is 2.26. The monoisotopic (exact) mass is 360 g/mol. The lowest BCUT2D eigenvalue weighted by molar-refractivity contribution is 0.0971. The molecule has 0 saturated carbocycles. The first-order valence-corrected chi connectivity index (χ1v) is 7.44. The number of aromatic nitrogens is 2. The van der Waals surface area contributed by atoms with E-state index in [1.807, 2.05) is 30.3 Å². The summed E-state index contributed by atoms with van der Waals surface area (Å²) in [6.07, 6.45) is 1.55. The molecular formula is C16H13BrN2O3. The molecule has 0 saturated heterocycles. The third-order valence-corrected chi connectivity index (χ3v) is 3.78. The lowest BCUT2D eigenvalue weighted by Gasteiger charge is -2.13. The molecule has 3 rings (SSSR count). The largest absolute Gasteiger partial charge is 0.507 e. The van der Waals surface area contributed by atoms with Crippen molar-refractivity contribution in [2.45, 2.75) is 13.5 Å². The quantitative estimate of drug-likeness (QED) is 0.779. The first-order valence-electron chi connectivity index (χ1n) is 6.65. The molecule has 0 unspecified atom stereocenters. The van der Waals surface area contributed by atoms with Crippen molar-refractivity contribution < 1.29 is 9.94 Å². The minimum absolute atomic E-state index is 0.0756. The van der Waals surface area contributed by atoms with Gasteiger partial charge in [0.1, 0.15) is 12.4 Å². The van der Waals surface area contributed by atoms with E-state index in [0.29, 0.717) is 9.86 Å². The van der Waals surface area contributed by atoms with E-state index in [1.54, 1.807) is 19.2 Å². The second kappa shape index (κ2) is 5.81. The molecule has 3 aromatic rings. The molecule has 0 bridgehead atoms. The van der Waals surface area contributed by atoms with E-state index in [4.69, 9.17) is 4.84 Å². The van der Waals surface area contributed by atoms with Crippen LogP contribution in [0.4, 0.5) is 0 Å². The average Bonchev–Trinajstić information content (AvgIpc) is 2.54. The maximum Gasteiger partial charge on any atom is 0.291 e. The summed E-state index contributed by atoms with van der Waals surface area (Å²) in [6, 6.07) is 11.2. The fraction of sp³-hybridized carbons (Fsp3) is 0.125. The van der Waals surface area contributed by atoms with E-state index in [2.05, 4.69) is 20.9 Å². The number of hydrogen-bond donors (Lipinski definition) is 1. The first kappa shape index (κ1) is 14.6. The van der Waals surface area contributed by atoms with Crippen LogP contribution in [0.5, 0.6) is 5.75 Å². The SMILES string of the molecule is Cc1c(O)c2cc(Br)cnc2n(OCc2ccccc2)c1=O. The fourth-order valence-corrected chi connectivity index (χ4v) is 2.48. The van der Waals surface area contributed by atoms with Crippen LogP contribution in [0.25, 0.3) is 11.0 Å². The summed E-state index contributed by atoms with van der Waals surface area (Å²) < 4.78 is 1.84. The summed E-state index contributed by atoms with van der Waals surface area (Å²) in [4.78, 5) is 22.1. The predicted molar refractivity (Wildman–Crippen MR) is 86.8 cm³/mol. The fourth-order valence-electron chi connectivity index (χ4n) is 2.15. The van der Waals surface area contributed by atoms with Crippen LogP contribution in [0.2, 0.25) is 0 Å². The summed E-state index contributed by atoms with van der Waals surface area (Å²) in [6.45, 7) is 1.79. The number of benzene rings is 1. The Bertz CT molecular complexity index is 891. The Morgan fingerprint density at radius 2 is 2.05 bits per heavy atom. The summed E-state index contributed by atoms with van der Waals surface area (Å²) >= 11 is 3.31. The van der Waals surface area contributed by atoms with Gasteiger partial charge in [-0.3, -0.25) is 4.79 Å². The molecule has 22 heavy (non-hydrogen) atoms. The van der Waals surface area contributed by atoms with Gasteiger partial charge in [0.05, 0.1) is 10.9 Å². The molecule has 0 fully saturated rings. The van der Waals surface area contributed by atoms with Gasteiger partial charge in [0.2, 0.25) is 0 Å². The molecule has 112 valence electrons. The van der Waals surface area contributed by atoms with E-state index >= 15 is 0 Å². The number of halogens is 1. The third kappa shape index (κ3) is 2.57. The standard InChI is InChI=1S/C16H13BrN2O3/c1-10-14(20)13-7-12(17)8-18-15(13)19(16(10)21)22-9-11-5-3-2-4-6-11/h2-8,20H,9H2,1H3. The number of aromatic hydroxyl groups is 1. The minimum atomic E-state index is -0.421. The Balaban J connectivity index is 2.10. The van der Waals surface area contributed by atoms with Crippen LogP contribution >= 0.6 is 15.9 Å². The van der Waals surface area contributed by atoms with Crippen molar-refractivity contribution in [3.05, 3.63) is 68.5 Å². The lowest BCUT2D eigenvalue weighted by Crippen LogP contribution is -2.29. The van der Waals surface area contributed by atoms with Crippen molar-refractivity contribution in [1.82, 2.24) is 9.71 Å². The van der Waals surface area contributed by atoms with Crippen molar-refractivity contribution >= 4 is 27.0 Å². The maximum absolute atomic E-state index is 12.3. The second-order valence-electron chi connectivity index (χ2n) is 4.86. The number of rotatable bonds is 3. The Morgan fingerprint density at radius 3 is 2.77 bits per heavy atom. The van der Waals surface area contributed by atoms with Gasteiger partial charge in [0.25, 0.3) is 5.56 Å². The second-order valence-corrected chi connectivity index (χ2v) is 5.77. The van der Waals surface area contributed by atoms with Gasteiger partial charge in [-0.15, -0.1) is 4.73 Å². The summed E-state index contributed by atoms with van der Waals surface area (Å²) in [7, 11) is 0. The van der Waals surface area contributed by atoms with Crippen molar-refractivity contribution in [1.29, 1.82) is 0 Å². The van der Waals surface area contributed by atoms with Crippen LogP contribution < -0.4 is 10.4 Å². The van der Waals surface area contributed by atoms with E-state index in [-0.39, 0.29) is 23.6 Å². The summed E-state index contributed by atoms with van der Waals surface area (Å²) in [5.41, 5.74) is 1.02. The molecule has 1 aromatic carbocycles. The molecule has 0 spiro atoms. The minimum Gasteiger partial charge on any atom is -0.507 e. The zero-order chi connectivity index (χ0) is 15.7. The Labute approximate surface area is 134 Å².